The zero-order chi connectivity index (χ0) is 10.4. The van der Waals surface area contributed by atoms with Gasteiger partial charge in [0.1, 0.15) is 18.0 Å². The van der Waals surface area contributed by atoms with Gasteiger partial charge in [0.2, 0.25) is 0 Å². The van der Waals surface area contributed by atoms with E-state index < -0.39 is 0 Å². The molecule has 0 fully saturated rings. The topological polar surface area (TPSA) is 60.5 Å². The molecule has 0 aliphatic heterocycles. The second-order valence-corrected chi connectivity index (χ2v) is 3.41. The van der Waals surface area contributed by atoms with E-state index in [4.69, 9.17) is 10.6 Å². The van der Waals surface area contributed by atoms with Crippen LogP contribution in [0.1, 0.15) is 12.1 Å². The summed E-state index contributed by atoms with van der Waals surface area (Å²) in [7, 11) is 0. The average Bonchev–Trinajstić information content (AvgIpc) is 2.59. The number of aromatic nitrogens is 1. The summed E-state index contributed by atoms with van der Waals surface area (Å²) < 4.78 is 0. The van der Waals surface area contributed by atoms with E-state index in [2.05, 4.69) is 23.6 Å². The Hall–Kier alpha value is -1.36. The van der Waals surface area contributed by atoms with Gasteiger partial charge in [0.25, 0.3) is 0 Å². The first kappa shape index (κ1) is 10.7. The fourth-order valence-electron chi connectivity index (χ4n) is 0.727. The van der Waals surface area contributed by atoms with Crippen molar-refractivity contribution in [2.75, 3.05) is 12.3 Å². The van der Waals surface area contributed by atoms with E-state index in [9.17, 15) is 0 Å². The van der Waals surface area contributed by atoms with Crippen molar-refractivity contribution in [2.45, 2.75) is 6.42 Å². The van der Waals surface area contributed by atoms with Crippen LogP contribution in [0.4, 0.5) is 5.13 Å². The molecule has 1 heterocycles. The second-order valence-electron chi connectivity index (χ2n) is 2.52. The van der Waals surface area contributed by atoms with Crippen molar-refractivity contribution >= 4 is 22.2 Å². The van der Waals surface area contributed by atoms with E-state index >= 15 is 0 Å². The van der Waals surface area contributed by atoms with Gasteiger partial charge in [-0.3, -0.25) is 0 Å². The first-order chi connectivity index (χ1) is 6.74. The molecule has 5 heteroatoms. The Kier molecular flexibility index (Phi) is 4.12. The number of nitrogens with zero attached hydrogens (tertiary/aromatic N) is 2. The lowest BCUT2D eigenvalue weighted by Gasteiger charge is -1.97. The summed E-state index contributed by atoms with van der Waals surface area (Å²) in [5, 5.41) is 6.08. The Morgan fingerprint density at radius 3 is 3.14 bits per heavy atom. The maximum Gasteiger partial charge on any atom is 0.180 e. The Morgan fingerprint density at radius 2 is 2.57 bits per heavy atom. The molecule has 4 nitrogen and oxygen atoms in total. The fraction of sp³-hybridized carbons (Fsp3) is 0.222. The van der Waals surface area contributed by atoms with E-state index in [1.807, 2.05) is 0 Å². The van der Waals surface area contributed by atoms with Crippen molar-refractivity contribution < 1.29 is 4.84 Å². The largest absolute Gasteiger partial charge is 0.395 e. The van der Waals surface area contributed by atoms with Crippen molar-refractivity contribution in [3.05, 3.63) is 30.7 Å². The van der Waals surface area contributed by atoms with Gasteiger partial charge >= 0.3 is 0 Å². The third-order valence-corrected chi connectivity index (χ3v) is 2.08. The zero-order valence-corrected chi connectivity index (χ0v) is 8.59. The van der Waals surface area contributed by atoms with Crippen LogP contribution in [0.25, 0.3) is 0 Å². The highest BCUT2D eigenvalue weighted by Crippen LogP contribution is 2.11. The van der Waals surface area contributed by atoms with E-state index in [1.54, 1.807) is 11.5 Å². The molecule has 1 aromatic rings. The summed E-state index contributed by atoms with van der Waals surface area (Å²) in [4.78, 5) is 8.99. The monoisotopic (exact) mass is 210 g/mol. The van der Waals surface area contributed by atoms with Crippen LogP contribution in [-0.4, -0.2) is 17.3 Å². The number of nitrogens with two attached hydrogens (primary N) is 1. The molecule has 14 heavy (non-hydrogen) atoms. The molecular formula is C9H12N3OS. The molecule has 0 aromatic carbocycles. The third kappa shape index (κ3) is 3.18. The first-order valence-corrected chi connectivity index (χ1v) is 4.96. The molecule has 0 spiro atoms. The van der Waals surface area contributed by atoms with Gasteiger partial charge in [-0.1, -0.05) is 11.2 Å². The highest BCUT2D eigenvalue weighted by atomic mass is 32.1. The van der Waals surface area contributed by atoms with Crippen molar-refractivity contribution in [1.82, 2.24) is 4.98 Å². The van der Waals surface area contributed by atoms with Crippen LogP contribution in [0.3, 0.4) is 0 Å². The molecule has 1 radical (unpaired) electrons. The van der Waals surface area contributed by atoms with E-state index in [0.29, 0.717) is 23.1 Å². The normalized spacial score (nSPS) is 11.4. The molecular weight excluding hydrogens is 198 g/mol. The molecule has 0 unspecified atom stereocenters. The average molecular weight is 210 g/mol. The fourth-order valence-corrected chi connectivity index (χ4v) is 1.30. The molecule has 0 bridgehead atoms. The lowest BCUT2D eigenvalue weighted by molar-refractivity contribution is 0.149. The predicted octanol–water partition coefficient (Wildman–Crippen LogP) is 1.86. The summed E-state index contributed by atoms with van der Waals surface area (Å²) in [5.41, 5.74) is 6.61. The Labute approximate surface area is 87.1 Å². The standard InChI is InChI=1S/C9H12N3OS/c1-3-4-5-13-12-7(2)8-6-14-9(10)11-8/h3,6H,1-2,4-5H2,(H2,10,11)/b12-7-. The van der Waals surface area contributed by atoms with Crippen LogP contribution in [0.5, 0.6) is 0 Å². The molecule has 0 atom stereocenters. The van der Waals surface area contributed by atoms with Crippen LogP contribution in [0.2, 0.25) is 0 Å². The Balaban J connectivity index is 2.47. The molecule has 0 aliphatic rings. The van der Waals surface area contributed by atoms with Crippen LogP contribution in [0, 0.1) is 6.92 Å². The molecule has 0 saturated carbocycles. The molecule has 0 aliphatic carbocycles. The van der Waals surface area contributed by atoms with Gasteiger partial charge in [-0.25, -0.2) is 4.98 Å². The van der Waals surface area contributed by atoms with Gasteiger partial charge in [0.15, 0.2) is 5.13 Å². The quantitative estimate of drug-likeness (QED) is 0.349. The smallest absolute Gasteiger partial charge is 0.180 e. The molecule has 1 aromatic heterocycles. The summed E-state index contributed by atoms with van der Waals surface area (Å²) in [6.07, 6.45) is 2.52. The lowest BCUT2D eigenvalue weighted by Crippen LogP contribution is -1.98. The van der Waals surface area contributed by atoms with Gasteiger partial charge in [0, 0.05) is 18.7 Å². The SMILES string of the molecule is [CH2]/C(=N/OCCC=C)c1csc(N)n1. The third-order valence-electron chi connectivity index (χ3n) is 1.41. The number of hydrogen-bond acceptors (Lipinski definition) is 5. The van der Waals surface area contributed by atoms with E-state index in [-0.39, 0.29) is 0 Å². The molecule has 0 amide bonds. The second kappa shape index (κ2) is 5.39. The maximum absolute atomic E-state index is 5.46. The minimum atomic E-state index is 0.488. The van der Waals surface area contributed by atoms with E-state index in [1.165, 1.54) is 11.3 Å². The predicted molar refractivity (Wildman–Crippen MR) is 59.2 cm³/mol. The minimum absolute atomic E-state index is 0.488. The summed E-state index contributed by atoms with van der Waals surface area (Å²) in [6.45, 7) is 7.78. The molecule has 0 saturated heterocycles. The number of anilines is 1. The van der Waals surface area contributed by atoms with Crippen molar-refractivity contribution in [2.24, 2.45) is 5.16 Å². The minimum Gasteiger partial charge on any atom is -0.395 e. The molecule has 2 N–H and O–H groups in total. The van der Waals surface area contributed by atoms with Crippen LogP contribution in [-0.2, 0) is 4.84 Å². The van der Waals surface area contributed by atoms with Gasteiger partial charge in [0.05, 0.1) is 0 Å². The van der Waals surface area contributed by atoms with Crippen molar-refractivity contribution in [1.29, 1.82) is 0 Å². The van der Waals surface area contributed by atoms with Gasteiger partial charge in [-0.15, -0.1) is 17.9 Å². The molecule has 1 rings (SSSR count). The first-order valence-electron chi connectivity index (χ1n) is 4.08. The number of thiazole rings is 1. The lowest BCUT2D eigenvalue weighted by atomic mass is 10.3. The summed E-state index contributed by atoms with van der Waals surface area (Å²) >= 11 is 1.35. The highest BCUT2D eigenvalue weighted by Gasteiger charge is 2.02. The van der Waals surface area contributed by atoms with E-state index in [0.717, 1.165) is 6.42 Å². The van der Waals surface area contributed by atoms with Crippen LogP contribution >= 0.6 is 11.3 Å². The van der Waals surface area contributed by atoms with Gasteiger partial charge in [-0.05, 0) is 0 Å². The number of nitrogen functional groups attached to an aromatic ring is 1. The molecule has 75 valence electrons. The van der Waals surface area contributed by atoms with Crippen molar-refractivity contribution in [3.8, 4) is 0 Å². The summed E-state index contributed by atoms with van der Waals surface area (Å²) in [5.74, 6) is 0. The van der Waals surface area contributed by atoms with Gasteiger partial charge in [-0.2, -0.15) is 0 Å². The highest BCUT2D eigenvalue weighted by molar-refractivity contribution is 7.13. The van der Waals surface area contributed by atoms with Crippen LogP contribution in [0.15, 0.2) is 23.2 Å². The zero-order valence-electron chi connectivity index (χ0n) is 7.77. The number of oxime groups is 1. The van der Waals surface area contributed by atoms with Crippen LogP contribution < -0.4 is 5.73 Å². The van der Waals surface area contributed by atoms with Gasteiger partial charge < -0.3 is 10.6 Å². The maximum atomic E-state index is 5.46. The number of hydrogen-bond donors (Lipinski definition) is 1. The Morgan fingerprint density at radius 1 is 1.79 bits per heavy atom. The van der Waals surface area contributed by atoms with Crippen molar-refractivity contribution in [3.63, 3.8) is 0 Å². The summed E-state index contributed by atoms with van der Waals surface area (Å²) in [6, 6.07) is 0. The Bertz CT molecular complexity index is 333. The number of rotatable bonds is 5.